The Morgan fingerprint density at radius 3 is 2.75 bits per heavy atom. The van der Waals surface area contributed by atoms with Gasteiger partial charge in [0.05, 0.1) is 0 Å². The van der Waals surface area contributed by atoms with Gasteiger partial charge in [-0.1, -0.05) is 11.1 Å². The van der Waals surface area contributed by atoms with Crippen molar-refractivity contribution in [2.45, 2.75) is 26.4 Å². The van der Waals surface area contributed by atoms with Crippen molar-refractivity contribution in [2.24, 2.45) is 0 Å². The lowest BCUT2D eigenvalue weighted by molar-refractivity contribution is 0.112. The van der Waals surface area contributed by atoms with Crippen LogP contribution in [0.15, 0.2) is 10.6 Å². The molecule has 1 N–H and O–H groups in total. The monoisotopic (exact) mass is 165 g/mol. The highest BCUT2D eigenvalue weighted by molar-refractivity contribution is 5.24. The van der Waals surface area contributed by atoms with Crippen LogP contribution in [0.4, 0.5) is 0 Å². The zero-order valence-corrected chi connectivity index (χ0v) is 7.38. The summed E-state index contributed by atoms with van der Waals surface area (Å²) in [4.78, 5) is 0. The van der Waals surface area contributed by atoms with Gasteiger partial charge in [0, 0.05) is 6.07 Å². The molecule has 0 spiro atoms. The first-order valence-electron chi connectivity index (χ1n) is 3.66. The van der Waals surface area contributed by atoms with Gasteiger partial charge in [-0.15, -0.1) is 5.92 Å². The number of aromatic nitrogens is 1. The first kappa shape index (κ1) is 8.82. The Labute approximate surface area is 71.4 Å². The van der Waals surface area contributed by atoms with Gasteiger partial charge in [-0.05, 0) is 20.8 Å². The van der Waals surface area contributed by atoms with E-state index in [4.69, 9.17) is 4.52 Å². The molecule has 0 bridgehead atoms. The van der Waals surface area contributed by atoms with Crippen LogP contribution in [0, 0.1) is 18.8 Å². The van der Waals surface area contributed by atoms with Gasteiger partial charge in [-0.3, -0.25) is 0 Å². The third-order valence-electron chi connectivity index (χ3n) is 1.50. The maximum absolute atomic E-state index is 9.70. The highest BCUT2D eigenvalue weighted by Crippen LogP contribution is 2.18. The zero-order valence-electron chi connectivity index (χ0n) is 7.38. The summed E-state index contributed by atoms with van der Waals surface area (Å²) >= 11 is 0. The Bertz CT molecular complexity index is 328. The fourth-order valence-electron chi connectivity index (χ4n) is 0.903. The number of nitrogens with zero attached hydrogens (tertiary/aromatic N) is 1. The van der Waals surface area contributed by atoms with Gasteiger partial charge in [0.2, 0.25) is 0 Å². The molecule has 12 heavy (non-hydrogen) atoms. The topological polar surface area (TPSA) is 46.3 Å². The van der Waals surface area contributed by atoms with E-state index in [0.29, 0.717) is 11.5 Å². The van der Waals surface area contributed by atoms with Gasteiger partial charge in [0.1, 0.15) is 11.5 Å². The zero-order chi connectivity index (χ0) is 9.19. The van der Waals surface area contributed by atoms with Gasteiger partial charge >= 0.3 is 0 Å². The van der Waals surface area contributed by atoms with E-state index in [2.05, 4.69) is 17.0 Å². The van der Waals surface area contributed by atoms with Gasteiger partial charge in [0.15, 0.2) is 5.60 Å². The van der Waals surface area contributed by atoms with Crippen molar-refractivity contribution >= 4 is 0 Å². The average Bonchev–Trinajstić information content (AvgIpc) is 2.36. The van der Waals surface area contributed by atoms with Crippen LogP contribution < -0.4 is 0 Å². The highest BCUT2D eigenvalue weighted by Gasteiger charge is 2.23. The van der Waals surface area contributed by atoms with Gasteiger partial charge in [0.25, 0.3) is 0 Å². The molecule has 0 amide bonds. The van der Waals surface area contributed by atoms with Gasteiger partial charge in [-0.2, -0.15) is 0 Å². The average molecular weight is 165 g/mol. The van der Waals surface area contributed by atoms with Crippen molar-refractivity contribution in [1.82, 2.24) is 5.16 Å². The molecule has 1 heterocycles. The summed E-state index contributed by atoms with van der Waals surface area (Å²) < 4.78 is 4.82. The van der Waals surface area contributed by atoms with E-state index in [1.54, 1.807) is 26.8 Å². The van der Waals surface area contributed by atoms with E-state index in [0.717, 1.165) is 0 Å². The second-order valence-corrected chi connectivity index (χ2v) is 2.77. The summed E-state index contributed by atoms with van der Waals surface area (Å²) in [6, 6.07) is 1.67. The molecule has 3 heteroatoms. The number of hydrogen-bond donors (Lipinski definition) is 1. The first-order chi connectivity index (χ1) is 5.56. The molecular weight excluding hydrogens is 154 g/mol. The van der Waals surface area contributed by atoms with Crippen molar-refractivity contribution in [3.05, 3.63) is 17.5 Å². The van der Waals surface area contributed by atoms with Crippen molar-refractivity contribution in [3.63, 3.8) is 0 Å². The molecule has 0 unspecified atom stereocenters. The number of aryl methyl sites for hydroxylation is 1. The molecular formula is C9H11NO2. The Kier molecular flexibility index (Phi) is 2.20. The summed E-state index contributed by atoms with van der Waals surface area (Å²) in [5.74, 6) is 5.94. The molecule has 1 rings (SSSR count). The van der Waals surface area contributed by atoms with Gasteiger partial charge in [-0.25, -0.2) is 0 Å². The fourth-order valence-corrected chi connectivity index (χ4v) is 0.903. The van der Waals surface area contributed by atoms with E-state index < -0.39 is 5.60 Å². The van der Waals surface area contributed by atoms with Crippen molar-refractivity contribution in [3.8, 4) is 11.8 Å². The Morgan fingerprint density at radius 1 is 1.67 bits per heavy atom. The lowest BCUT2D eigenvalue weighted by Gasteiger charge is -2.10. The lowest BCUT2D eigenvalue weighted by atomic mass is 10.0. The SMILES string of the molecule is CC#C[C@@](C)(O)c1cc(C)on1. The first-order valence-corrected chi connectivity index (χ1v) is 3.66. The van der Waals surface area contributed by atoms with Crippen LogP contribution >= 0.6 is 0 Å². The fraction of sp³-hybridized carbons (Fsp3) is 0.444. The predicted molar refractivity (Wildman–Crippen MR) is 44.3 cm³/mol. The van der Waals surface area contributed by atoms with E-state index in [1.165, 1.54) is 0 Å². The molecule has 0 aromatic carbocycles. The summed E-state index contributed by atoms with van der Waals surface area (Å²) in [5, 5.41) is 13.4. The summed E-state index contributed by atoms with van der Waals surface area (Å²) in [7, 11) is 0. The van der Waals surface area contributed by atoms with E-state index in [-0.39, 0.29) is 0 Å². The van der Waals surface area contributed by atoms with E-state index in [1.807, 2.05) is 0 Å². The predicted octanol–water partition coefficient (Wildman–Crippen LogP) is 1.21. The van der Waals surface area contributed by atoms with Crippen molar-refractivity contribution in [1.29, 1.82) is 0 Å². The van der Waals surface area contributed by atoms with Crippen LogP contribution in [0.25, 0.3) is 0 Å². The number of aliphatic hydroxyl groups is 1. The Hall–Kier alpha value is -1.27. The highest BCUT2D eigenvalue weighted by atomic mass is 16.5. The third kappa shape index (κ3) is 1.66. The molecule has 0 aliphatic rings. The minimum atomic E-state index is -1.20. The lowest BCUT2D eigenvalue weighted by Crippen LogP contribution is -2.18. The molecule has 0 radical (unpaired) electrons. The van der Waals surface area contributed by atoms with Gasteiger partial charge < -0.3 is 9.63 Å². The molecule has 1 atom stereocenters. The molecule has 3 nitrogen and oxygen atoms in total. The molecule has 1 aromatic rings. The number of rotatable bonds is 1. The Balaban J connectivity index is 3.02. The van der Waals surface area contributed by atoms with Crippen LogP contribution in [0.1, 0.15) is 25.3 Å². The third-order valence-corrected chi connectivity index (χ3v) is 1.50. The maximum Gasteiger partial charge on any atom is 0.168 e. The molecule has 0 fully saturated rings. The molecule has 0 saturated heterocycles. The van der Waals surface area contributed by atoms with E-state index >= 15 is 0 Å². The van der Waals surface area contributed by atoms with Crippen LogP contribution in [0.2, 0.25) is 0 Å². The Morgan fingerprint density at radius 2 is 2.33 bits per heavy atom. The quantitative estimate of drug-likeness (QED) is 0.636. The standard InChI is InChI=1S/C9H11NO2/c1-4-5-9(3,11)8-6-7(2)12-10-8/h6,11H,1-3H3/t9-/m1/s1. The second-order valence-electron chi connectivity index (χ2n) is 2.77. The van der Waals surface area contributed by atoms with Crippen LogP contribution in [-0.2, 0) is 5.60 Å². The normalized spacial score (nSPS) is 14.7. The van der Waals surface area contributed by atoms with Crippen LogP contribution in [0.3, 0.4) is 0 Å². The maximum atomic E-state index is 9.70. The van der Waals surface area contributed by atoms with E-state index in [9.17, 15) is 5.11 Å². The van der Waals surface area contributed by atoms with Crippen molar-refractivity contribution < 1.29 is 9.63 Å². The molecule has 64 valence electrons. The molecule has 0 aliphatic heterocycles. The van der Waals surface area contributed by atoms with Crippen LogP contribution in [0.5, 0.6) is 0 Å². The minimum absolute atomic E-state index is 0.453. The smallest absolute Gasteiger partial charge is 0.168 e. The molecule has 0 aliphatic carbocycles. The summed E-state index contributed by atoms with van der Waals surface area (Å²) in [6.45, 7) is 5.02. The summed E-state index contributed by atoms with van der Waals surface area (Å²) in [5.41, 5.74) is -0.749. The largest absolute Gasteiger partial charge is 0.372 e. The minimum Gasteiger partial charge on any atom is -0.372 e. The molecule has 1 aromatic heterocycles. The molecule has 0 saturated carbocycles. The van der Waals surface area contributed by atoms with Crippen molar-refractivity contribution in [2.75, 3.05) is 0 Å². The van der Waals surface area contributed by atoms with Crippen LogP contribution in [-0.4, -0.2) is 10.3 Å². The number of hydrogen-bond acceptors (Lipinski definition) is 3. The summed E-state index contributed by atoms with van der Waals surface area (Å²) in [6.07, 6.45) is 0. The second kappa shape index (κ2) is 3.00.